The van der Waals surface area contributed by atoms with Crippen molar-refractivity contribution in [2.75, 3.05) is 20.1 Å². The van der Waals surface area contributed by atoms with Gasteiger partial charge in [0.1, 0.15) is 5.82 Å². The number of guanidine groups is 1. The lowest BCUT2D eigenvalue weighted by molar-refractivity contribution is 0.620. The predicted molar refractivity (Wildman–Crippen MR) is 91.6 cm³/mol. The van der Waals surface area contributed by atoms with Gasteiger partial charge in [-0.25, -0.2) is 4.39 Å². The van der Waals surface area contributed by atoms with Crippen LogP contribution in [0.1, 0.15) is 5.56 Å². The fraction of sp³-hybridized carbons (Fsp3) is 0.312. The second kappa shape index (κ2) is 8.58. The highest BCUT2D eigenvalue weighted by Gasteiger charge is 2.01. The molecule has 0 bridgehead atoms. The number of hydrogen-bond donors (Lipinski definition) is 2. The minimum absolute atomic E-state index is 0.237. The molecule has 0 saturated heterocycles. The molecule has 0 fully saturated rings. The second-order valence-corrected chi connectivity index (χ2v) is 5.70. The molecule has 1 aromatic heterocycles. The number of aromatic nitrogens is 1. The number of nitrogens with one attached hydrogen (secondary N) is 2. The van der Waals surface area contributed by atoms with Gasteiger partial charge in [-0.05, 0) is 52.2 Å². The van der Waals surface area contributed by atoms with Gasteiger partial charge in [0.25, 0.3) is 0 Å². The number of nitrogens with zero attached hydrogens (tertiary/aromatic N) is 2. The number of halogens is 2. The molecule has 2 rings (SSSR count). The first-order chi connectivity index (χ1) is 10.7. The summed E-state index contributed by atoms with van der Waals surface area (Å²) in [6.07, 6.45) is 4.87. The van der Waals surface area contributed by atoms with Crippen LogP contribution in [-0.2, 0) is 13.0 Å². The monoisotopic (exact) mass is 366 g/mol. The zero-order valence-corrected chi connectivity index (χ0v) is 14.1. The molecule has 0 atom stereocenters. The van der Waals surface area contributed by atoms with Crippen LogP contribution in [-0.4, -0.2) is 30.7 Å². The van der Waals surface area contributed by atoms with Crippen LogP contribution < -0.4 is 10.6 Å². The Kier molecular flexibility index (Phi) is 6.45. The van der Waals surface area contributed by atoms with E-state index in [-0.39, 0.29) is 5.82 Å². The Hall–Kier alpha value is -1.82. The van der Waals surface area contributed by atoms with Crippen molar-refractivity contribution in [3.63, 3.8) is 0 Å². The van der Waals surface area contributed by atoms with Crippen LogP contribution in [0.15, 0.2) is 52.2 Å². The van der Waals surface area contributed by atoms with Crippen molar-refractivity contribution in [2.45, 2.75) is 13.0 Å². The summed E-state index contributed by atoms with van der Waals surface area (Å²) in [7, 11) is 1.75. The molecule has 6 heteroatoms. The van der Waals surface area contributed by atoms with E-state index in [1.165, 1.54) is 6.07 Å². The zero-order chi connectivity index (χ0) is 15.8. The summed E-state index contributed by atoms with van der Waals surface area (Å²) in [6.45, 7) is 2.43. The molecule has 0 spiro atoms. The smallest absolute Gasteiger partial charge is 0.191 e. The largest absolute Gasteiger partial charge is 0.356 e. The fourth-order valence-corrected chi connectivity index (χ4v) is 2.49. The van der Waals surface area contributed by atoms with E-state index in [0.717, 1.165) is 37.6 Å². The van der Waals surface area contributed by atoms with Crippen molar-refractivity contribution in [2.24, 2.45) is 4.99 Å². The Labute approximate surface area is 138 Å². The van der Waals surface area contributed by atoms with Crippen LogP contribution in [0.5, 0.6) is 0 Å². The van der Waals surface area contributed by atoms with Gasteiger partial charge in [0, 0.05) is 39.1 Å². The highest BCUT2D eigenvalue weighted by Crippen LogP contribution is 2.16. The summed E-state index contributed by atoms with van der Waals surface area (Å²) in [5, 5.41) is 6.52. The molecule has 0 amide bonds. The van der Waals surface area contributed by atoms with E-state index in [9.17, 15) is 4.39 Å². The Balaban J connectivity index is 1.70. The molecule has 0 unspecified atom stereocenters. The molecule has 4 nitrogen and oxygen atoms in total. The minimum atomic E-state index is -0.237. The van der Waals surface area contributed by atoms with Crippen LogP contribution in [0, 0.1) is 5.82 Å². The maximum Gasteiger partial charge on any atom is 0.191 e. The fourth-order valence-electron chi connectivity index (χ4n) is 2.06. The van der Waals surface area contributed by atoms with Crippen molar-refractivity contribution in [3.05, 3.63) is 58.6 Å². The second-order valence-electron chi connectivity index (χ2n) is 4.85. The highest BCUT2D eigenvalue weighted by atomic mass is 79.9. The normalized spacial score (nSPS) is 11.5. The third-order valence-electron chi connectivity index (χ3n) is 3.24. The van der Waals surface area contributed by atoms with E-state index < -0.39 is 0 Å². The average Bonchev–Trinajstić information content (AvgIpc) is 3.02. The first-order valence-corrected chi connectivity index (χ1v) is 7.97. The van der Waals surface area contributed by atoms with Crippen molar-refractivity contribution >= 4 is 21.9 Å². The van der Waals surface area contributed by atoms with Crippen molar-refractivity contribution in [3.8, 4) is 0 Å². The Morgan fingerprint density at radius 3 is 2.64 bits per heavy atom. The number of rotatable bonds is 6. The summed E-state index contributed by atoms with van der Waals surface area (Å²) in [6, 6.07) is 9.09. The molecule has 0 aliphatic heterocycles. The van der Waals surface area contributed by atoms with Gasteiger partial charge in [0.2, 0.25) is 0 Å². The van der Waals surface area contributed by atoms with Crippen molar-refractivity contribution in [1.82, 2.24) is 15.2 Å². The lowest BCUT2D eigenvalue weighted by atomic mass is 10.1. The lowest BCUT2D eigenvalue weighted by Crippen LogP contribution is -2.39. The lowest BCUT2D eigenvalue weighted by Gasteiger charge is -2.12. The average molecular weight is 367 g/mol. The van der Waals surface area contributed by atoms with E-state index in [4.69, 9.17) is 0 Å². The van der Waals surface area contributed by atoms with E-state index in [1.54, 1.807) is 19.2 Å². The van der Waals surface area contributed by atoms with Gasteiger partial charge in [-0.3, -0.25) is 4.99 Å². The van der Waals surface area contributed by atoms with Gasteiger partial charge < -0.3 is 15.2 Å². The molecule has 0 saturated carbocycles. The van der Waals surface area contributed by atoms with Crippen LogP contribution in [0.3, 0.4) is 0 Å². The molecule has 2 N–H and O–H groups in total. The maximum absolute atomic E-state index is 13.2. The topological polar surface area (TPSA) is 41.4 Å². The highest BCUT2D eigenvalue weighted by molar-refractivity contribution is 9.10. The van der Waals surface area contributed by atoms with E-state index in [0.29, 0.717) is 4.47 Å². The van der Waals surface area contributed by atoms with Gasteiger partial charge >= 0.3 is 0 Å². The molecule has 22 heavy (non-hydrogen) atoms. The third-order valence-corrected chi connectivity index (χ3v) is 3.85. The van der Waals surface area contributed by atoms with Gasteiger partial charge in [-0.2, -0.15) is 0 Å². The molecule has 0 aliphatic carbocycles. The van der Waals surface area contributed by atoms with E-state index >= 15 is 0 Å². The summed E-state index contributed by atoms with van der Waals surface area (Å²) < 4.78 is 15.8. The summed E-state index contributed by atoms with van der Waals surface area (Å²) >= 11 is 3.20. The Bertz CT molecular complexity index is 611. The number of hydrogen-bond acceptors (Lipinski definition) is 1. The summed E-state index contributed by atoms with van der Waals surface area (Å²) in [5.74, 6) is 0.535. The summed E-state index contributed by atoms with van der Waals surface area (Å²) in [4.78, 5) is 4.19. The SMILES string of the molecule is CN=C(NCCc1ccc(F)c(Br)c1)NCCn1cccc1. The van der Waals surface area contributed by atoms with Crippen LogP contribution in [0.25, 0.3) is 0 Å². The van der Waals surface area contributed by atoms with Crippen molar-refractivity contribution < 1.29 is 4.39 Å². The van der Waals surface area contributed by atoms with Crippen LogP contribution in [0.4, 0.5) is 4.39 Å². The molecule has 0 radical (unpaired) electrons. The molecular weight excluding hydrogens is 347 g/mol. The standard InChI is InChI=1S/C16H20BrFN4/c1-19-16(21-8-11-22-9-2-3-10-22)20-7-6-13-4-5-15(18)14(17)12-13/h2-5,9-10,12H,6-8,11H2,1H3,(H2,19,20,21). The molecule has 118 valence electrons. The van der Waals surface area contributed by atoms with E-state index in [2.05, 4.69) is 36.1 Å². The van der Waals surface area contributed by atoms with Crippen LogP contribution >= 0.6 is 15.9 Å². The molecular formula is C16H20BrFN4. The maximum atomic E-state index is 13.2. The quantitative estimate of drug-likeness (QED) is 0.609. The van der Waals surface area contributed by atoms with Gasteiger partial charge in [0.05, 0.1) is 4.47 Å². The van der Waals surface area contributed by atoms with Crippen molar-refractivity contribution in [1.29, 1.82) is 0 Å². The van der Waals surface area contributed by atoms with E-state index in [1.807, 2.05) is 24.5 Å². The Morgan fingerprint density at radius 2 is 1.95 bits per heavy atom. The first kappa shape index (κ1) is 16.5. The van der Waals surface area contributed by atoms with Gasteiger partial charge in [0.15, 0.2) is 5.96 Å². The summed E-state index contributed by atoms with van der Waals surface area (Å²) in [5.41, 5.74) is 1.07. The van der Waals surface area contributed by atoms with Gasteiger partial charge in [-0.15, -0.1) is 0 Å². The number of benzene rings is 1. The predicted octanol–water partition coefficient (Wildman–Crippen LogP) is 2.80. The molecule has 0 aliphatic rings. The third kappa shape index (κ3) is 5.18. The first-order valence-electron chi connectivity index (χ1n) is 7.18. The molecule has 2 aromatic rings. The zero-order valence-electron chi connectivity index (χ0n) is 12.5. The Morgan fingerprint density at radius 1 is 1.23 bits per heavy atom. The van der Waals surface area contributed by atoms with Gasteiger partial charge in [-0.1, -0.05) is 6.07 Å². The molecule has 1 heterocycles. The molecule has 1 aromatic carbocycles. The van der Waals surface area contributed by atoms with Crippen LogP contribution in [0.2, 0.25) is 0 Å². The minimum Gasteiger partial charge on any atom is -0.356 e. The number of aliphatic imine (C=N–C) groups is 1.